The van der Waals surface area contributed by atoms with Gasteiger partial charge in [-0.3, -0.25) is 9.48 Å². The lowest BCUT2D eigenvalue weighted by Crippen LogP contribution is -2.35. The van der Waals surface area contributed by atoms with Crippen molar-refractivity contribution in [1.29, 1.82) is 0 Å². The summed E-state index contributed by atoms with van der Waals surface area (Å²) in [6.45, 7) is 6.00. The van der Waals surface area contributed by atoms with Crippen LogP contribution in [0.1, 0.15) is 33.9 Å². The van der Waals surface area contributed by atoms with Crippen LogP contribution in [-0.2, 0) is 6.54 Å². The maximum Gasteiger partial charge on any atom is 0.218 e. The smallest absolute Gasteiger partial charge is 0.218 e. The van der Waals surface area contributed by atoms with Gasteiger partial charge in [0.25, 0.3) is 0 Å². The summed E-state index contributed by atoms with van der Waals surface area (Å²) in [6.07, 6.45) is 2.91. The lowest BCUT2D eigenvalue weighted by molar-refractivity contribution is 0.0256. The first kappa shape index (κ1) is 19.2. The Morgan fingerprint density at radius 3 is 2.93 bits per heavy atom. The van der Waals surface area contributed by atoms with Crippen molar-refractivity contribution in [3.8, 4) is 0 Å². The number of nitrogens with one attached hydrogen (secondary N) is 1. The molecule has 1 aliphatic carbocycles. The molecule has 10 heteroatoms. The molecule has 1 radical (unpaired) electrons. The monoisotopic (exact) mass is 397 g/mol. The number of aromatic nitrogens is 5. The van der Waals surface area contributed by atoms with Gasteiger partial charge in [-0.25, -0.2) is 9.97 Å². The van der Waals surface area contributed by atoms with Crippen LogP contribution in [0, 0.1) is 19.8 Å². The van der Waals surface area contributed by atoms with Crippen LogP contribution in [0.3, 0.4) is 0 Å². The second-order valence-electron chi connectivity index (χ2n) is 7.17. The number of hydrogen-bond donors (Lipinski definition) is 3. The zero-order chi connectivity index (χ0) is 20.5. The molecule has 1 aliphatic rings. The van der Waals surface area contributed by atoms with Crippen LogP contribution in [0.2, 0.25) is 0 Å². The van der Waals surface area contributed by atoms with E-state index < -0.39 is 18.2 Å². The third-order valence-corrected chi connectivity index (χ3v) is 4.95. The van der Waals surface area contributed by atoms with Gasteiger partial charge < -0.3 is 20.1 Å². The average molecular weight is 397 g/mol. The number of anilines is 1. The number of aliphatic hydroxyl groups is 2. The molecular weight excluding hydrogens is 376 g/mol. The van der Waals surface area contributed by atoms with Crippen molar-refractivity contribution in [2.75, 3.05) is 5.32 Å². The molecule has 3 aromatic rings. The predicted molar refractivity (Wildman–Crippen MR) is 101 cm³/mol. The van der Waals surface area contributed by atoms with Crippen molar-refractivity contribution in [3.05, 3.63) is 60.5 Å². The molecule has 0 aromatic carbocycles. The number of aliphatic hydroxyl groups excluding tert-OH is 2. The number of hydrogen-bond acceptors (Lipinski definition) is 9. The van der Waals surface area contributed by atoms with E-state index in [-0.39, 0.29) is 28.8 Å². The first-order valence-electron chi connectivity index (χ1n) is 9.18. The molecule has 1 fully saturated rings. The highest BCUT2D eigenvalue weighted by atomic mass is 16.5. The van der Waals surface area contributed by atoms with E-state index in [2.05, 4.69) is 32.5 Å². The van der Waals surface area contributed by atoms with Crippen molar-refractivity contribution in [1.82, 2.24) is 24.9 Å². The highest BCUT2D eigenvalue weighted by Crippen LogP contribution is 2.29. The van der Waals surface area contributed by atoms with Gasteiger partial charge in [-0.2, -0.15) is 5.10 Å². The molecule has 4 rings (SSSR count). The molecule has 29 heavy (non-hydrogen) atoms. The zero-order valence-corrected chi connectivity index (χ0v) is 15.8. The Balaban J connectivity index is 1.52. The lowest BCUT2D eigenvalue weighted by atomic mass is 10.1. The van der Waals surface area contributed by atoms with Gasteiger partial charge in [0, 0.05) is 18.5 Å². The van der Waals surface area contributed by atoms with Crippen molar-refractivity contribution >= 4 is 11.6 Å². The fourth-order valence-electron chi connectivity index (χ4n) is 3.42. The van der Waals surface area contributed by atoms with Crippen molar-refractivity contribution in [3.63, 3.8) is 0 Å². The summed E-state index contributed by atoms with van der Waals surface area (Å²) >= 11 is 0. The number of rotatable bonds is 6. The molecule has 151 valence electrons. The summed E-state index contributed by atoms with van der Waals surface area (Å²) < 4.78 is 6.63. The Morgan fingerprint density at radius 1 is 1.41 bits per heavy atom. The van der Waals surface area contributed by atoms with Gasteiger partial charge in [0.2, 0.25) is 5.78 Å². The molecule has 3 aromatic heterocycles. The van der Waals surface area contributed by atoms with Crippen LogP contribution < -0.4 is 5.32 Å². The van der Waals surface area contributed by atoms with Crippen molar-refractivity contribution in [2.24, 2.45) is 5.92 Å². The zero-order valence-electron chi connectivity index (χ0n) is 15.8. The van der Waals surface area contributed by atoms with E-state index in [0.717, 1.165) is 0 Å². The van der Waals surface area contributed by atoms with Gasteiger partial charge in [-0.05, 0) is 32.3 Å². The summed E-state index contributed by atoms with van der Waals surface area (Å²) in [5.74, 6) is 0.308. The largest absolute Gasteiger partial charge is 0.390 e. The molecule has 0 saturated heterocycles. The van der Waals surface area contributed by atoms with Gasteiger partial charge in [0.15, 0.2) is 0 Å². The summed E-state index contributed by atoms with van der Waals surface area (Å²) in [7, 11) is 0. The van der Waals surface area contributed by atoms with Gasteiger partial charge >= 0.3 is 0 Å². The number of ketones is 1. The second-order valence-corrected chi connectivity index (χ2v) is 7.17. The molecular formula is C19H21N6O4. The van der Waals surface area contributed by atoms with E-state index in [1.165, 1.54) is 12.5 Å². The molecule has 10 nitrogen and oxygen atoms in total. The molecule has 0 unspecified atom stereocenters. The lowest BCUT2D eigenvalue weighted by Gasteiger charge is -2.19. The Morgan fingerprint density at radius 2 is 2.24 bits per heavy atom. The molecule has 0 amide bonds. The van der Waals surface area contributed by atoms with E-state index >= 15 is 0 Å². The van der Waals surface area contributed by atoms with Crippen molar-refractivity contribution in [2.45, 2.75) is 38.1 Å². The molecule has 3 heterocycles. The first-order valence-corrected chi connectivity index (χ1v) is 9.18. The van der Waals surface area contributed by atoms with E-state index in [4.69, 9.17) is 4.52 Å². The van der Waals surface area contributed by atoms with Crippen LogP contribution in [0.5, 0.6) is 0 Å². The quantitative estimate of drug-likeness (QED) is 0.510. The third kappa shape index (κ3) is 3.89. The Hall–Kier alpha value is -3.11. The molecule has 1 saturated carbocycles. The SMILES string of the molecule is [CH2][C@@H]1C[C@@H](Nc2ncncc2C(=O)c2ccn(Cc3cc(C)on3)n2)[C@H](O)[C@@H]1O. The minimum atomic E-state index is -0.999. The third-order valence-electron chi connectivity index (χ3n) is 4.95. The highest BCUT2D eigenvalue weighted by molar-refractivity contribution is 6.10. The minimum absolute atomic E-state index is 0.226. The Labute approximate surface area is 166 Å². The standard InChI is InChI=1S/C19H21N6O4/c1-10-5-15(18(28)16(10)26)22-19-13(7-20-9-21-19)17(27)14-3-4-25(23-14)8-12-6-11(2)29-24-12/h3-4,6-7,9-10,15-16,18,26,28H,1,5,8H2,2H3,(H,20,21,22)/t10-,15-,16-,18+/m1/s1. The number of carbonyl (C=O) groups is 1. The molecule has 0 aliphatic heterocycles. The Bertz CT molecular complexity index is 1020. The summed E-state index contributed by atoms with van der Waals surface area (Å²) in [5.41, 5.74) is 1.15. The van der Waals surface area contributed by atoms with Crippen LogP contribution in [-0.4, -0.2) is 59.2 Å². The van der Waals surface area contributed by atoms with Gasteiger partial charge in [-0.15, -0.1) is 0 Å². The number of nitrogens with zero attached hydrogens (tertiary/aromatic N) is 5. The van der Waals surface area contributed by atoms with E-state index in [1.807, 2.05) is 0 Å². The van der Waals surface area contributed by atoms with E-state index in [0.29, 0.717) is 24.4 Å². The highest BCUT2D eigenvalue weighted by Gasteiger charge is 2.39. The van der Waals surface area contributed by atoms with Gasteiger partial charge in [-0.1, -0.05) is 5.16 Å². The van der Waals surface area contributed by atoms with Crippen LogP contribution in [0.25, 0.3) is 0 Å². The Kier molecular flexibility index (Phi) is 5.12. The molecule has 0 spiro atoms. The minimum Gasteiger partial charge on any atom is -0.390 e. The average Bonchev–Trinajstić information content (AvgIpc) is 3.40. The number of aryl methyl sites for hydroxylation is 1. The summed E-state index contributed by atoms with van der Waals surface area (Å²) in [5, 5.41) is 31.4. The predicted octanol–water partition coefficient (Wildman–Crippen LogP) is 0.605. The van der Waals surface area contributed by atoms with Gasteiger partial charge in [0.1, 0.15) is 35.4 Å². The van der Waals surface area contributed by atoms with Crippen LogP contribution in [0.4, 0.5) is 5.82 Å². The molecule has 3 N–H and O–H groups in total. The topological polar surface area (TPSA) is 139 Å². The van der Waals surface area contributed by atoms with Crippen molar-refractivity contribution < 1.29 is 19.5 Å². The normalized spacial score (nSPS) is 24.0. The number of carbonyl (C=O) groups excluding carboxylic acids is 1. The molecule has 4 atom stereocenters. The fourth-order valence-corrected chi connectivity index (χ4v) is 3.42. The summed E-state index contributed by atoms with van der Waals surface area (Å²) in [4.78, 5) is 21.0. The van der Waals surface area contributed by atoms with E-state index in [1.54, 1.807) is 29.9 Å². The first-order chi connectivity index (χ1) is 13.9. The maximum absolute atomic E-state index is 13.0. The van der Waals surface area contributed by atoms with Crippen LogP contribution in [0.15, 0.2) is 35.4 Å². The van der Waals surface area contributed by atoms with Crippen LogP contribution >= 0.6 is 0 Å². The fraction of sp³-hybridized carbons (Fsp3) is 0.368. The van der Waals surface area contributed by atoms with Gasteiger partial charge in [0.05, 0.1) is 24.3 Å². The second kappa shape index (κ2) is 7.72. The molecule has 0 bridgehead atoms. The van der Waals surface area contributed by atoms with E-state index in [9.17, 15) is 15.0 Å². The maximum atomic E-state index is 13.0. The summed E-state index contributed by atoms with van der Waals surface area (Å²) in [6, 6.07) is 2.93.